The summed E-state index contributed by atoms with van der Waals surface area (Å²) in [7, 11) is 1.41. The number of amides is 1. The van der Waals surface area contributed by atoms with Gasteiger partial charge in [0.15, 0.2) is 0 Å². The number of methoxy groups -OCH3 is 1. The van der Waals surface area contributed by atoms with Crippen LogP contribution in [0.2, 0.25) is 0 Å². The van der Waals surface area contributed by atoms with E-state index >= 15 is 0 Å². The van der Waals surface area contributed by atoms with Crippen LogP contribution in [0.3, 0.4) is 0 Å². The number of hydrogen-bond donors (Lipinski definition) is 1. The van der Waals surface area contributed by atoms with Crippen molar-refractivity contribution in [3.8, 4) is 0 Å². The molecular weight excluding hydrogens is 294 g/mol. The first-order valence-electron chi connectivity index (χ1n) is 8.35. The largest absolute Gasteiger partial charge is 0.469 e. The molecule has 0 spiro atoms. The summed E-state index contributed by atoms with van der Waals surface area (Å²) in [6.45, 7) is 5.68. The van der Waals surface area contributed by atoms with E-state index in [0.29, 0.717) is 0 Å². The van der Waals surface area contributed by atoms with Crippen LogP contribution in [-0.2, 0) is 14.3 Å². The van der Waals surface area contributed by atoms with Crippen LogP contribution in [0.15, 0.2) is 6.07 Å². The van der Waals surface area contributed by atoms with Crippen LogP contribution in [0, 0.1) is 19.8 Å². The number of aromatic nitrogens is 2. The fourth-order valence-electron chi connectivity index (χ4n) is 3.37. The second kappa shape index (κ2) is 7.62. The summed E-state index contributed by atoms with van der Waals surface area (Å²) in [5, 5.41) is 7.44. The van der Waals surface area contributed by atoms with E-state index in [1.54, 1.807) is 4.68 Å². The lowest BCUT2D eigenvalue weighted by molar-refractivity contribution is -0.147. The SMILES string of the molecule is COC(=O)[C@@H]1CCCCC[C@@H]1NC(=O)[C@@H](C)n1nc(C)cc1C. The summed E-state index contributed by atoms with van der Waals surface area (Å²) in [6.07, 6.45) is 4.69. The Morgan fingerprint density at radius 1 is 1.30 bits per heavy atom. The summed E-state index contributed by atoms with van der Waals surface area (Å²) in [6, 6.07) is 1.40. The maximum absolute atomic E-state index is 12.6. The zero-order chi connectivity index (χ0) is 17.0. The fraction of sp³-hybridized carbons (Fsp3) is 0.706. The summed E-state index contributed by atoms with van der Waals surface area (Å²) in [4.78, 5) is 24.6. The maximum atomic E-state index is 12.6. The van der Waals surface area contributed by atoms with E-state index in [1.165, 1.54) is 7.11 Å². The minimum absolute atomic E-state index is 0.1000. The topological polar surface area (TPSA) is 73.2 Å². The summed E-state index contributed by atoms with van der Waals surface area (Å²) in [5.74, 6) is -0.577. The maximum Gasteiger partial charge on any atom is 0.310 e. The third-order valence-electron chi connectivity index (χ3n) is 4.64. The van der Waals surface area contributed by atoms with E-state index in [0.717, 1.165) is 43.5 Å². The van der Waals surface area contributed by atoms with Crippen molar-refractivity contribution in [3.05, 3.63) is 17.5 Å². The van der Waals surface area contributed by atoms with Crippen molar-refractivity contribution in [2.24, 2.45) is 5.92 Å². The van der Waals surface area contributed by atoms with Crippen molar-refractivity contribution in [2.75, 3.05) is 7.11 Å². The number of aryl methyl sites for hydroxylation is 2. The van der Waals surface area contributed by atoms with Gasteiger partial charge in [0.1, 0.15) is 6.04 Å². The van der Waals surface area contributed by atoms with Gasteiger partial charge in [0.05, 0.1) is 18.7 Å². The van der Waals surface area contributed by atoms with Gasteiger partial charge < -0.3 is 10.1 Å². The summed E-state index contributed by atoms with van der Waals surface area (Å²) < 4.78 is 6.65. The number of carbonyl (C=O) groups is 2. The number of esters is 1. The Morgan fingerprint density at radius 2 is 2.00 bits per heavy atom. The average molecular weight is 321 g/mol. The number of carbonyl (C=O) groups excluding carboxylic acids is 2. The molecule has 128 valence electrons. The average Bonchev–Trinajstić information content (AvgIpc) is 2.73. The van der Waals surface area contributed by atoms with E-state index in [1.807, 2.05) is 26.8 Å². The minimum atomic E-state index is -0.398. The zero-order valence-corrected chi connectivity index (χ0v) is 14.5. The van der Waals surface area contributed by atoms with Crippen molar-refractivity contribution in [2.45, 2.75) is 65.0 Å². The summed E-state index contributed by atoms with van der Waals surface area (Å²) in [5.41, 5.74) is 1.85. The van der Waals surface area contributed by atoms with Gasteiger partial charge in [-0.2, -0.15) is 5.10 Å². The molecule has 0 bridgehead atoms. The highest BCUT2D eigenvalue weighted by Crippen LogP contribution is 2.25. The van der Waals surface area contributed by atoms with Crippen LogP contribution in [0.5, 0.6) is 0 Å². The molecule has 1 heterocycles. The summed E-state index contributed by atoms with van der Waals surface area (Å²) >= 11 is 0. The number of hydrogen-bond acceptors (Lipinski definition) is 4. The molecule has 1 fully saturated rings. The first kappa shape index (κ1) is 17.5. The first-order chi connectivity index (χ1) is 10.9. The van der Waals surface area contributed by atoms with Gasteiger partial charge in [0.2, 0.25) is 5.91 Å². The smallest absolute Gasteiger partial charge is 0.310 e. The van der Waals surface area contributed by atoms with Crippen molar-refractivity contribution in [1.82, 2.24) is 15.1 Å². The fourth-order valence-corrected chi connectivity index (χ4v) is 3.37. The molecule has 1 aromatic rings. The quantitative estimate of drug-likeness (QED) is 0.682. The molecule has 23 heavy (non-hydrogen) atoms. The molecule has 0 radical (unpaired) electrons. The van der Waals surface area contributed by atoms with E-state index in [4.69, 9.17) is 4.74 Å². The molecule has 0 saturated heterocycles. The van der Waals surface area contributed by atoms with Crippen molar-refractivity contribution >= 4 is 11.9 Å². The Hall–Kier alpha value is -1.85. The van der Waals surface area contributed by atoms with Crippen molar-refractivity contribution in [3.63, 3.8) is 0 Å². The molecule has 1 aromatic heterocycles. The normalized spacial score (nSPS) is 23.0. The lowest BCUT2D eigenvalue weighted by Gasteiger charge is -2.26. The lowest BCUT2D eigenvalue weighted by atomic mass is 9.94. The molecule has 0 aliphatic heterocycles. The highest BCUT2D eigenvalue weighted by Gasteiger charge is 2.32. The highest BCUT2D eigenvalue weighted by atomic mass is 16.5. The Kier molecular flexibility index (Phi) is 5.80. The van der Waals surface area contributed by atoms with Crippen LogP contribution in [-0.4, -0.2) is 34.8 Å². The standard InChI is InChI=1S/C17H27N3O3/c1-11-10-12(2)20(19-11)13(3)16(21)18-15-9-7-5-6-8-14(15)17(22)23-4/h10,13-15H,5-9H2,1-4H3,(H,18,21)/t13-,14-,15+/m1/s1. The van der Waals surface area contributed by atoms with E-state index < -0.39 is 6.04 Å². The molecule has 2 rings (SSSR count). The third kappa shape index (κ3) is 4.12. The Bertz CT molecular complexity index is 567. The predicted octanol–water partition coefficient (Wildman–Crippen LogP) is 2.30. The molecule has 1 aliphatic carbocycles. The van der Waals surface area contributed by atoms with Gasteiger partial charge >= 0.3 is 5.97 Å². The Labute approximate surface area is 137 Å². The molecule has 3 atom stereocenters. The van der Waals surface area contributed by atoms with Gasteiger partial charge in [-0.1, -0.05) is 19.3 Å². The zero-order valence-electron chi connectivity index (χ0n) is 14.5. The lowest BCUT2D eigenvalue weighted by Crippen LogP contribution is -2.45. The predicted molar refractivity (Wildman–Crippen MR) is 86.9 cm³/mol. The van der Waals surface area contributed by atoms with Gasteiger partial charge in [-0.3, -0.25) is 14.3 Å². The third-order valence-corrected chi connectivity index (χ3v) is 4.64. The van der Waals surface area contributed by atoms with Crippen LogP contribution in [0.4, 0.5) is 0 Å². The Morgan fingerprint density at radius 3 is 2.61 bits per heavy atom. The van der Waals surface area contributed by atoms with Gasteiger partial charge in [0.25, 0.3) is 0 Å². The number of nitrogens with zero attached hydrogens (tertiary/aromatic N) is 2. The number of ether oxygens (including phenoxy) is 1. The molecule has 1 amide bonds. The van der Waals surface area contributed by atoms with Gasteiger partial charge in [-0.25, -0.2) is 0 Å². The number of rotatable bonds is 4. The molecule has 0 aromatic carbocycles. The van der Waals surface area contributed by atoms with E-state index in [9.17, 15) is 9.59 Å². The molecular formula is C17H27N3O3. The molecule has 6 heteroatoms. The molecule has 0 unspecified atom stereocenters. The van der Waals surface area contributed by atoms with Crippen LogP contribution in [0.1, 0.15) is 56.5 Å². The number of nitrogens with one attached hydrogen (secondary N) is 1. The van der Waals surface area contributed by atoms with E-state index in [2.05, 4.69) is 10.4 Å². The molecule has 6 nitrogen and oxygen atoms in total. The highest BCUT2D eigenvalue weighted by molar-refractivity contribution is 5.81. The van der Waals surface area contributed by atoms with Gasteiger partial charge in [-0.05, 0) is 39.7 Å². The molecule has 1 saturated carbocycles. The molecule has 1 N–H and O–H groups in total. The van der Waals surface area contributed by atoms with E-state index in [-0.39, 0.29) is 23.8 Å². The van der Waals surface area contributed by atoms with Crippen LogP contribution >= 0.6 is 0 Å². The van der Waals surface area contributed by atoms with Crippen molar-refractivity contribution in [1.29, 1.82) is 0 Å². The second-order valence-corrected chi connectivity index (χ2v) is 6.43. The first-order valence-corrected chi connectivity index (χ1v) is 8.35. The van der Waals surface area contributed by atoms with Crippen molar-refractivity contribution < 1.29 is 14.3 Å². The second-order valence-electron chi connectivity index (χ2n) is 6.43. The monoisotopic (exact) mass is 321 g/mol. The Balaban J connectivity index is 2.09. The molecule has 1 aliphatic rings. The van der Waals surface area contributed by atoms with Crippen LogP contribution in [0.25, 0.3) is 0 Å². The minimum Gasteiger partial charge on any atom is -0.469 e. The van der Waals surface area contributed by atoms with Gasteiger partial charge in [-0.15, -0.1) is 0 Å². The van der Waals surface area contributed by atoms with Gasteiger partial charge in [0, 0.05) is 11.7 Å². The van der Waals surface area contributed by atoms with Crippen LogP contribution < -0.4 is 5.32 Å².